The van der Waals surface area contributed by atoms with E-state index in [0.717, 1.165) is 11.8 Å². The van der Waals surface area contributed by atoms with Crippen molar-refractivity contribution in [1.29, 1.82) is 0 Å². The lowest BCUT2D eigenvalue weighted by molar-refractivity contribution is 0.296. The molecule has 1 atom stereocenters. The molecule has 1 aromatic rings. The summed E-state index contributed by atoms with van der Waals surface area (Å²) in [5.74, 6) is 0. The van der Waals surface area contributed by atoms with E-state index in [-0.39, 0.29) is 5.71 Å². The Bertz CT molecular complexity index is 505. The van der Waals surface area contributed by atoms with Crippen LogP contribution in [0.1, 0.15) is 11.1 Å². The van der Waals surface area contributed by atoms with Gasteiger partial charge in [-0.1, -0.05) is 35.0 Å². The number of sulfone groups is 1. The van der Waals surface area contributed by atoms with E-state index in [2.05, 4.69) is 5.16 Å². The highest BCUT2D eigenvalue weighted by molar-refractivity contribution is 7.92. The maximum Gasteiger partial charge on any atom is 0.158 e. The van der Waals surface area contributed by atoms with E-state index < -0.39 is 21.7 Å². The quantitative estimate of drug-likeness (QED) is 0.469. The molecule has 1 unspecified atom stereocenters. The predicted molar refractivity (Wildman–Crippen MR) is 65.2 cm³/mol. The molecular weight excluding hydrogens is 242 g/mol. The van der Waals surface area contributed by atoms with Crippen LogP contribution in [0.2, 0.25) is 0 Å². The lowest BCUT2D eigenvalue weighted by Crippen LogP contribution is -2.33. The van der Waals surface area contributed by atoms with Crippen molar-refractivity contribution in [2.75, 3.05) is 12.9 Å². The molecule has 0 bridgehead atoms. The maximum atomic E-state index is 11.5. The fourth-order valence-corrected chi connectivity index (χ4v) is 2.32. The molecule has 5 nitrogen and oxygen atoms in total. The van der Waals surface area contributed by atoms with Crippen molar-refractivity contribution in [2.24, 2.45) is 5.16 Å². The molecule has 0 spiro atoms. The van der Waals surface area contributed by atoms with Crippen LogP contribution >= 0.6 is 0 Å². The number of hydrogen-bond acceptors (Lipinski definition) is 5. The third-order valence-corrected chi connectivity index (χ3v) is 3.85. The van der Waals surface area contributed by atoms with Gasteiger partial charge in [0.15, 0.2) is 9.84 Å². The van der Waals surface area contributed by atoms with E-state index >= 15 is 0 Å². The second-order valence-corrected chi connectivity index (χ2v) is 6.08. The zero-order valence-corrected chi connectivity index (χ0v) is 10.5. The fourth-order valence-electron chi connectivity index (χ4n) is 1.46. The normalized spacial score (nSPS) is 14.6. The van der Waals surface area contributed by atoms with Gasteiger partial charge >= 0.3 is 0 Å². The van der Waals surface area contributed by atoms with Gasteiger partial charge in [-0.05, 0) is 6.92 Å². The minimum Gasteiger partial charge on any atom is -0.411 e. The minimum absolute atomic E-state index is 0.0463. The van der Waals surface area contributed by atoms with Gasteiger partial charge in [-0.25, -0.2) is 8.42 Å². The first-order valence-corrected chi connectivity index (χ1v) is 6.94. The highest BCUT2D eigenvalue weighted by Gasteiger charge is 2.27. The summed E-state index contributed by atoms with van der Waals surface area (Å²) < 4.78 is 22.9. The molecule has 0 radical (unpaired) electrons. The van der Waals surface area contributed by atoms with Crippen molar-refractivity contribution in [3.05, 3.63) is 35.4 Å². The zero-order chi connectivity index (χ0) is 13.1. The predicted octanol–water partition coefficient (Wildman–Crippen LogP) is 0.579. The van der Waals surface area contributed by atoms with E-state index in [9.17, 15) is 8.42 Å². The Hall–Kier alpha value is -1.40. The van der Waals surface area contributed by atoms with Crippen LogP contribution in [0.4, 0.5) is 0 Å². The number of nitrogens with zero attached hydrogens (tertiary/aromatic N) is 1. The molecule has 17 heavy (non-hydrogen) atoms. The Balaban J connectivity index is 3.20. The highest BCUT2D eigenvalue weighted by atomic mass is 32.2. The molecule has 0 fully saturated rings. The van der Waals surface area contributed by atoms with Crippen LogP contribution in [0.25, 0.3) is 0 Å². The minimum atomic E-state index is -3.53. The number of aryl methyl sites for hydroxylation is 1. The van der Waals surface area contributed by atoms with Crippen molar-refractivity contribution in [3.8, 4) is 0 Å². The van der Waals surface area contributed by atoms with E-state index in [4.69, 9.17) is 10.3 Å². The molecule has 0 saturated heterocycles. The molecule has 0 saturated carbocycles. The molecule has 0 heterocycles. The summed E-state index contributed by atoms with van der Waals surface area (Å²) in [4.78, 5) is 0. The van der Waals surface area contributed by atoms with Gasteiger partial charge in [-0.15, -0.1) is 0 Å². The van der Waals surface area contributed by atoms with Crippen molar-refractivity contribution in [2.45, 2.75) is 12.2 Å². The number of benzene rings is 1. The molecule has 0 aromatic heterocycles. The second kappa shape index (κ2) is 5.29. The summed E-state index contributed by atoms with van der Waals surface area (Å²) in [6.07, 6.45) is 0.993. The first kappa shape index (κ1) is 13.7. The molecule has 0 amide bonds. The summed E-state index contributed by atoms with van der Waals surface area (Å²) >= 11 is 0. The number of aliphatic hydroxyl groups excluding tert-OH is 1. The van der Waals surface area contributed by atoms with Crippen LogP contribution in [-0.4, -0.2) is 42.6 Å². The van der Waals surface area contributed by atoms with Gasteiger partial charge in [-0.2, -0.15) is 0 Å². The molecular formula is C11H15NO4S. The molecule has 2 N–H and O–H groups in total. The maximum absolute atomic E-state index is 11.5. The molecule has 1 aromatic carbocycles. The van der Waals surface area contributed by atoms with Crippen molar-refractivity contribution in [3.63, 3.8) is 0 Å². The van der Waals surface area contributed by atoms with Gasteiger partial charge in [0, 0.05) is 11.8 Å². The average molecular weight is 257 g/mol. The molecule has 0 aliphatic rings. The van der Waals surface area contributed by atoms with Crippen LogP contribution in [-0.2, 0) is 9.84 Å². The SMILES string of the molecule is Cc1ccc(/C(=N\O)C(CO)S(C)(=O)=O)cc1. The number of aliphatic hydroxyl groups is 1. The van der Waals surface area contributed by atoms with Gasteiger partial charge in [0.1, 0.15) is 11.0 Å². The van der Waals surface area contributed by atoms with E-state index in [0.29, 0.717) is 5.56 Å². The smallest absolute Gasteiger partial charge is 0.158 e. The molecule has 6 heteroatoms. The highest BCUT2D eigenvalue weighted by Crippen LogP contribution is 2.12. The molecule has 1 rings (SSSR count). The van der Waals surface area contributed by atoms with Gasteiger partial charge in [0.05, 0.1) is 6.61 Å². The number of oxime groups is 1. The molecule has 94 valence electrons. The summed E-state index contributed by atoms with van der Waals surface area (Å²) in [7, 11) is -3.53. The Morgan fingerprint density at radius 3 is 2.24 bits per heavy atom. The second-order valence-electron chi connectivity index (χ2n) is 3.85. The van der Waals surface area contributed by atoms with Crippen molar-refractivity contribution < 1.29 is 18.7 Å². The zero-order valence-electron chi connectivity index (χ0n) is 9.66. The monoisotopic (exact) mass is 257 g/mol. The number of rotatable bonds is 4. The first-order valence-electron chi connectivity index (χ1n) is 4.99. The summed E-state index contributed by atoms with van der Waals surface area (Å²) in [6, 6.07) is 6.85. The standard InChI is InChI=1S/C11H15NO4S/c1-8-3-5-9(6-4-8)11(12-14)10(7-13)17(2,15)16/h3-6,10,13-14H,7H2,1-2H3/b12-11+. The van der Waals surface area contributed by atoms with E-state index in [1.165, 1.54) is 0 Å². The van der Waals surface area contributed by atoms with Crippen molar-refractivity contribution >= 4 is 15.5 Å². The molecule has 0 aliphatic heterocycles. The average Bonchev–Trinajstić information content (AvgIpc) is 2.25. The third kappa shape index (κ3) is 3.28. The Morgan fingerprint density at radius 1 is 1.35 bits per heavy atom. The molecule has 0 aliphatic carbocycles. The lowest BCUT2D eigenvalue weighted by Gasteiger charge is -2.14. The lowest BCUT2D eigenvalue weighted by atomic mass is 10.1. The largest absolute Gasteiger partial charge is 0.411 e. The van der Waals surface area contributed by atoms with Crippen LogP contribution in [0.3, 0.4) is 0 Å². The topological polar surface area (TPSA) is 87.0 Å². The number of hydrogen-bond donors (Lipinski definition) is 2. The Kier molecular flexibility index (Phi) is 4.25. The first-order chi connectivity index (χ1) is 7.90. The van der Waals surface area contributed by atoms with Crippen LogP contribution in [0.5, 0.6) is 0 Å². The summed E-state index contributed by atoms with van der Waals surface area (Å²) in [6.45, 7) is 1.27. The van der Waals surface area contributed by atoms with Crippen molar-refractivity contribution in [1.82, 2.24) is 0 Å². The van der Waals surface area contributed by atoms with Crippen LogP contribution in [0, 0.1) is 6.92 Å². The van der Waals surface area contributed by atoms with Gasteiger partial charge in [-0.3, -0.25) is 0 Å². The van der Waals surface area contributed by atoms with Crippen LogP contribution in [0.15, 0.2) is 29.4 Å². The third-order valence-electron chi connectivity index (χ3n) is 2.44. The van der Waals surface area contributed by atoms with E-state index in [1.54, 1.807) is 24.3 Å². The summed E-state index contributed by atoms with van der Waals surface area (Å²) in [5.41, 5.74) is 1.43. The van der Waals surface area contributed by atoms with E-state index in [1.807, 2.05) is 6.92 Å². The van der Waals surface area contributed by atoms with Crippen LogP contribution < -0.4 is 0 Å². The van der Waals surface area contributed by atoms with Gasteiger partial charge < -0.3 is 10.3 Å². The van der Waals surface area contributed by atoms with Gasteiger partial charge in [0.25, 0.3) is 0 Å². The van der Waals surface area contributed by atoms with Gasteiger partial charge in [0.2, 0.25) is 0 Å². The fraction of sp³-hybridized carbons (Fsp3) is 0.364. The summed E-state index contributed by atoms with van der Waals surface area (Å²) in [5, 5.41) is 19.8. The Labute approximate surface area is 100 Å². The Morgan fingerprint density at radius 2 is 1.88 bits per heavy atom.